The van der Waals surface area contributed by atoms with E-state index in [1.54, 1.807) is 0 Å². The fourth-order valence-electron chi connectivity index (χ4n) is 1.14. The van der Waals surface area contributed by atoms with Crippen LogP contribution in [-0.4, -0.2) is 27.7 Å². The van der Waals surface area contributed by atoms with Crippen molar-refractivity contribution >= 4 is 23.1 Å². The summed E-state index contributed by atoms with van der Waals surface area (Å²) in [4.78, 5) is 15.1. The molecule has 0 aliphatic rings. The molecule has 0 saturated carbocycles. The van der Waals surface area contributed by atoms with Crippen LogP contribution in [0.15, 0.2) is 18.6 Å². The molecular formula is C8H6ClN3O2. The van der Waals surface area contributed by atoms with Gasteiger partial charge in [-0.25, -0.2) is 9.31 Å². The van der Waals surface area contributed by atoms with Crippen LogP contribution in [-0.2, 0) is 4.74 Å². The highest BCUT2D eigenvalue weighted by atomic mass is 35.5. The smallest absolute Gasteiger partial charge is 0.341 e. The van der Waals surface area contributed by atoms with Crippen LogP contribution >= 0.6 is 11.6 Å². The number of ether oxygens (including phenoxy) is 1. The summed E-state index contributed by atoms with van der Waals surface area (Å²) >= 11 is 5.80. The Hall–Kier alpha value is -1.62. The van der Waals surface area contributed by atoms with Gasteiger partial charge in [-0.1, -0.05) is 11.6 Å². The quantitative estimate of drug-likeness (QED) is 0.665. The number of hydrogen-bond donors (Lipinski definition) is 0. The van der Waals surface area contributed by atoms with E-state index in [-0.39, 0.29) is 0 Å². The molecule has 0 fully saturated rings. The van der Waals surface area contributed by atoms with Gasteiger partial charge in [0, 0.05) is 0 Å². The Morgan fingerprint density at radius 1 is 1.50 bits per heavy atom. The van der Waals surface area contributed by atoms with Crippen molar-refractivity contribution in [3.8, 4) is 0 Å². The average Bonchev–Trinajstić information content (AvgIpc) is 2.62. The van der Waals surface area contributed by atoms with Gasteiger partial charge < -0.3 is 4.74 Å². The third kappa shape index (κ3) is 1.22. The molecule has 2 aromatic heterocycles. The van der Waals surface area contributed by atoms with Crippen LogP contribution in [0.3, 0.4) is 0 Å². The summed E-state index contributed by atoms with van der Waals surface area (Å²) in [6.07, 6.45) is 4.35. The second kappa shape index (κ2) is 3.26. The maximum atomic E-state index is 11.3. The third-order valence-electron chi connectivity index (χ3n) is 1.79. The van der Waals surface area contributed by atoms with Gasteiger partial charge in [-0.15, -0.1) is 0 Å². The lowest BCUT2D eigenvalue weighted by Gasteiger charge is -1.97. The lowest BCUT2D eigenvalue weighted by molar-refractivity contribution is 0.0603. The van der Waals surface area contributed by atoms with Gasteiger partial charge in [-0.3, -0.25) is 4.98 Å². The number of aromatic nitrogens is 3. The zero-order chi connectivity index (χ0) is 10.1. The molecule has 0 aliphatic carbocycles. The molecule has 72 valence electrons. The number of halogens is 1. The van der Waals surface area contributed by atoms with Crippen LogP contribution in [0.5, 0.6) is 0 Å². The highest BCUT2D eigenvalue weighted by molar-refractivity contribution is 6.29. The fraction of sp³-hybridized carbons (Fsp3) is 0.125. The second-order valence-electron chi connectivity index (χ2n) is 2.58. The van der Waals surface area contributed by atoms with Crippen molar-refractivity contribution in [1.82, 2.24) is 14.6 Å². The number of hydrogen-bond acceptors (Lipinski definition) is 4. The monoisotopic (exact) mass is 211 g/mol. The number of methoxy groups -OCH3 is 1. The van der Waals surface area contributed by atoms with Crippen LogP contribution in [0, 0.1) is 0 Å². The Morgan fingerprint density at radius 3 is 3.00 bits per heavy atom. The van der Waals surface area contributed by atoms with E-state index in [0.29, 0.717) is 16.2 Å². The molecule has 0 N–H and O–H groups in total. The number of fused-ring (bicyclic) bond motifs is 1. The van der Waals surface area contributed by atoms with Crippen LogP contribution in [0.4, 0.5) is 0 Å². The minimum Gasteiger partial charge on any atom is -0.465 e. The third-order valence-corrected chi connectivity index (χ3v) is 2.05. The molecule has 0 spiro atoms. The predicted molar refractivity (Wildman–Crippen MR) is 49.3 cm³/mol. The van der Waals surface area contributed by atoms with Crippen LogP contribution in [0.1, 0.15) is 10.4 Å². The molecular weight excluding hydrogens is 206 g/mol. The first-order valence-electron chi connectivity index (χ1n) is 3.79. The van der Waals surface area contributed by atoms with E-state index < -0.39 is 5.97 Å². The van der Waals surface area contributed by atoms with E-state index in [1.807, 2.05) is 0 Å². The fourth-order valence-corrected chi connectivity index (χ4v) is 1.33. The first-order valence-corrected chi connectivity index (χ1v) is 4.17. The first kappa shape index (κ1) is 8.96. The molecule has 0 amide bonds. The van der Waals surface area contributed by atoms with Crippen LogP contribution in [0.25, 0.3) is 5.52 Å². The van der Waals surface area contributed by atoms with E-state index in [0.717, 1.165) is 0 Å². The minimum atomic E-state index is -0.455. The number of nitrogens with zero attached hydrogens (tertiary/aromatic N) is 3. The van der Waals surface area contributed by atoms with Gasteiger partial charge in [0.2, 0.25) is 0 Å². The molecule has 5 nitrogen and oxygen atoms in total. The zero-order valence-corrected chi connectivity index (χ0v) is 8.02. The van der Waals surface area contributed by atoms with Crippen molar-refractivity contribution in [3.63, 3.8) is 0 Å². The largest absolute Gasteiger partial charge is 0.465 e. The van der Waals surface area contributed by atoms with Gasteiger partial charge >= 0.3 is 5.97 Å². The van der Waals surface area contributed by atoms with Crippen molar-refractivity contribution in [2.24, 2.45) is 0 Å². The second-order valence-corrected chi connectivity index (χ2v) is 2.96. The van der Waals surface area contributed by atoms with Crippen molar-refractivity contribution < 1.29 is 9.53 Å². The lowest BCUT2D eigenvalue weighted by Crippen LogP contribution is -2.00. The molecule has 0 radical (unpaired) electrons. The normalized spacial score (nSPS) is 10.4. The summed E-state index contributed by atoms with van der Waals surface area (Å²) in [5.74, 6) is -0.455. The molecule has 14 heavy (non-hydrogen) atoms. The summed E-state index contributed by atoms with van der Waals surface area (Å²) < 4.78 is 6.00. The Kier molecular flexibility index (Phi) is 2.09. The van der Waals surface area contributed by atoms with E-state index in [1.165, 1.54) is 30.2 Å². The number of carbonyl (C=O) groups excluding carboxylic acids is 1. The van der Waals surface area contributed by atoms with Crippen molar-refractivity contribution in [2.75, 3.05) is 7.11 Å². The van der Waals surface area contributed by atoms with Gasteiger partial charge in [0.05, 0.1) is 25.7 Å². The lowest BCUT2D eigenvalue weighted by atomic mass is 10.3. The molecule has 6 heteroatoms. The van der Waals surface area contributed by atoms with Gasteiger partial charge in [0.15, 0.2) is 0 Å². The van der Waals surface area contributed by atoms with Gasteiger partial charge in [-0.2, -0.15) is 5.10 Å². The highest BCUT2D eigenvalue weighted by Gasteiger charge is 2.13. The standard InChI is InChI=1S/C8H6ClN3O2/c1-14-8(13)5-2-11-12-6(5)3-10-4-7(12)9/h2-4H,1H3. The van der Waals surface area contributed by atoms with Crippen LogP contribution in [0.2, 0.25) is 5.15 Å². The highest BCUT2D eigenvalue weighted by Crippen LogP contribution is 2.14. The molecule has 0 bridgehead atoms. The summed E-state index contributed by atoms with van der Waals surface area (Å²) in [5.41, 5.74) is 0.881. The molecule has 0 atom stereocenters. The van der Waals surface area contributed by atoms with E-state index in [9.17, 15) is 4.79 Å². The Bertz CT molecular complexity index is 494. The number of esters is 1. The van der Waals surface area contributed by atoms with Gasteiger partial charge in [0.25, 0.3) is 0 Å². The molecule has 2 aromatic rings. The molecule has 2 rings (SSSR count). The zero-order valence-electron chi connectivity index (χ0n) is 7.27. The van der Waals surface area contributed by atoms with Crippen molar-refractivity contribution in [3.05, 3.63) is 29.3 Å². The molecule has 0 saturated heterocycles. The Morgan fingerprint density at radius 2 is 2.29 bits per heavy atom. The molecule has 2 heterocycles. The summed E-state index contributed by atoms with van der Waals surface area (Å²) in [6, 6.07) is 0. The summed E-state index contributed by atoms with van der Waals surface area (Å²) in [6.45, 7) is 0. The Labute approximate surface area is 84.3 Å². The summed E-state index contributed by atoms with van der Waals surface area (Å²) in [7, 11) is 1.31. The maximum absolute atomic E-state index is 11.3. The molecule has 0 unspecified atom stereocenters. The molecule has 0 aromatic carbocycles. The van der Waals surface area contributed by atoms with Crippen molar-refractivity contribution in [1.29, 1.82) is 0 Å². The maximum Gasteiger partial charge on any atom is 0.341 e. The first-order chi connectivity index (χ1) is 6.74. The van der Waals surface area contributed by atoms with E-state index in [2.05, 4.69) is 14.8 Å². The average molecular weight is 212 g/mol. The van der Waals surface area contributed by atoms with E-state index >= 15 is 0 Å². The van der Waals surface area contributed by atoms with Gasteiger partial charge in [-0.05, 0) is 0 Å². The minimum absolute atomic E-state index is 0.345. The van der Waals surface area contributed by atoms with E-state index in [4.69, 9.17) is 11.6 Å². The number of carbonyl (C=O) groups is 1. The van der Waals surface area contributed by atoms with Crippen molar-refractivity contribution in [2.45, 2.75) is 0 Å². The SMILES string of the molecule is COC(=O)c1cnn2c(Cl)cncc12. The van der Waals surface area contributed by atoms with Crippen LogP contribution < -0.4 is 0 Å². The molecule has 0 aliphatic heterocycles. The number of rotatable bonds is 1. The Balaban J connectivity index is 2.70. The van der Waals surface area contributed by atoms with Gasteiger partial charge in [0.1, 0.15) is 16.2 Å². The topological polar surface area (TPSA) is 56.5 Å². The predicted octanol–water partition coefficient (Wildman–Crippen LogP) is 1.17. The summed E-state index contributed by atoms with van der Waals surface area (Å²) in [5, 5.41) is 4.28.